The number of rotatable bonds is 3. The first-order valence-electron chi connectivity index (χ1n) is 5.88. The molecule has 0 heterocycles. The second-order valence-electron chi connectivity index (χ2n) is 3.99. The second-order valence-corrected chi connectivity index (χ2v) is 4.43. The van der Waals surface area contributed by atoms with Gasteiger partial charge in [-0.25, -0.2) is 4.39 Å². The third-order valence-corrected chi connectivity index (χ3v) is 3.06. The first kappa shape index (κ1) is 13.4. The number of benzene rings is 2. The Morgan fingerprint density at radius 3 is 2.47 bits per heavy atom. The Morgan fingerprint density at radius 2 is 1.89 bits per heavy atom. The molecule has 0 aromatic heterocycles. The third kappa shape index (κ3) is 2.86. The van der Waals surface area contributed by atoms with Gasteiger partial charge in [-0.1, -0.05) is 11.6 Å². The van der Waals surface area contributed by atoms with Crippen molar-refractivity contribution < 1.29 is 4.39 Å². The van der Waals surface area contributed by atoms with Gasteiger partial charge in [-0.15, -0.1) is 0 Å². The average Bonchev–Trinajstić information content (AvgIpc) is 2.42. The summed E-state index contributed by atoms with van der Waals surface area (Å²) in [6.07, 6.45) is 0. The van der Waals surface area contributed by atoms with Gasteiger partial charge in [0.15, 0.2) is 0 Å². The van der Waals surface area contributed by atoms with Crippen LogP contribution in [0.25, 0.3) is 0 Å². The van der Waals surface area contributed by atoms with Gasteiger partial charge in [0, 0.05) is 17.3 Å². The van der Waals surface area contributed by atoms with Crippen LogP contribution in [0.5, 0.6) is 0 Å². The summed E-state index contributed by atoms with van der Waals surface area (Å²) in [5, 5.41) is 9.73. The Hall–Kier alpha value is -2.05. The first-order chi connectivity index (χ1) is 9.15. The minimum atomic E-state index is -0.286. The van der Waals surface area contributed by atoms with E-state index < -0.39 is 0 Å². The maximum Gasteiger partial charge on any atom is 0.123 e. The van der Waals surface area contributed by atoms with Crippen LogP contribution in [0.2, 0.25) is 5.02 Å². The fourth-order valence-corrected chi connectivity index (χ4v) is 2.10. The number of hydrogen-bond donors (Lipinski definition) is 0. The first-order valence-corrected chi connectivity index (χ1v) is 6.26. The lowest BCUT2D eigenvalue weighted by Crippen LogP contribution is -2.17. The molecule has 2 aromatic carbocycles. The molecule has 2 rings (SSSR count). The van der Waals surface area contributed by atoms with Gasteiger partial charge in [0.25, 0.3) is 0 Å². The third-order valence-electron chi connectivity index (χ3n) is 2.83. The van der Waals surface area contributed by atoms with Gasteiger partial charge in [-0.2, -0.15) is 5.26 Å². The Labute approximate surface area is 116 Å². The zero-order chi connectivity index (χ0) is 13.8. The van der Waals surface area contributed by atoms with Gasteiger partial charge in [0.05, 0.1) is 11.3 Å². The van der Waals surface area contributed by atoms with E-state index in [1.165, 1.54) is 12.1 Å². The smallest absolute Gasteiger partial charge is 0.123 e. The summed E-state index contributed by atoms with van der Waals surface area (Å²) in [5.41, 5.74) is 2.09. The predicted octanol–water partition coefficient (Wildman–Crippen LogP) is 4.51. The molecule has 0 bridgehead atoms. The molecule has 0 amide bonds. The zero-order valence-corrected chi connectivity index (χ0v) is 11.2. The fraction of sp³-hybridized carbons (Fsp3) is 0.133. The standard InChI is InChI=1S/C15H12ClFN2/c1-2-19(14-7-5-13(17)6-8-14)15-9-12(16)4-3-11(15)10-18/h3-9H,2H2,1H3. The molecular formula is C15H12ClFN2. The van der Waals surface area contributed by atoms with Gasteiger partial charge >= 0.3 is 0 Å². The number of halogens is 2. The number of anilines is 2. The van der Waals surface area contributed by atoms with Crippen molar-refractivity contribution in [1.29, 1.82) is 5.26 Å². The summed E-state index contributed by atoms with van der Waals surface area (Å²) in [6, 6.07) is 13.4. The van der Waals surface area contributed by atoms with Gasteiger partial charge < -0.3 is 4.90 Å². The molecule has 0 aliphatic rings. The molecule has 2 nitrogen and oxygen atoms in total. The lowest BCUT2D eigenvalue weighted by Gasteiger charge is -2.24. The van der Waals surface area contributed by atoms with E-state index in [4.69, 9.17) is 16.9 Å². The molecule has 0 saturated heterocycles. The summed E-state index contributed by atoms with van der Waals surface area (Å²) in [6.45, 7) is 2.62. The van der Waals surface area contributed by atoms with E-state index in [9.17, 15) is 4.39 Å². The molecule has 96 valence electrons. The molecule has 0 saturated carbocycles. The van der Waals surface area contributed by atoms with Crippen LogP contribution in [-0.4, -0.2) is 6.54 Å². The van der Waals surface area contributed by atoms with Crippen molar-refractivity contribution >= 4 is 23.0 Å². The van der Waals surface area contributed by atoms with Crippen LogP contribution in [0.3, 0.4) is 0 Å². The molecule has 0 fully saturated rings. The largest absolute Gasteiger partial charge is 0.341 e. The maximum absolute atomic E-state index is 13.0. The topological polar surface area (TPSA) is 27.0 Å². The van der Waals surface area contributed by atoms with Crippen LogP contribution in [0.15, 0.2) is 42.5 Å². The Kier molecular flexibility index (Phi) is 4.03. The van der Waals surface area contributed by atoms with Gasteiger partial charge in [-0.05, 0) is 49.4 Å². The second kappa shape index (κ2) is 5.73. The van der Waals surface area contributed by atoms with Crippen LogP contribution in [0.4, 0.5) is 15.8 Å². The number of hydrogen-bond acceptors (Lipinski definition) is 2. The van der Waals surface area contributed by atoms with Crippen molar-refractivity contribution in [2.45, 2.75) is 6.92 Å². The molecular weight excluding hydrogens is 263 g/mol. The van der Waals surface area contributed by atoms with Crippen LogP contribution in [0.1, 0.15) is 12.5 Å². The summed E-state index contributed by atoms with van der Waals surface area (Å²) in [7, 11) is 0. The maximum atomic E-state index is 13.0. The molecule has 0 spiro atoms. The van der Waals surface area contributed by atoms with Crippen molar-refractivity contribution in [1.82, 2.24) is 0 Å². The van der Waals surface area contributed by atoms with Gasteiger partial charge in [0.1, 0.15) is 11.9 Å². The molecule has 4 heteroatoms. The number of nitrogens with zero attached hydrogens (tertiary/aromatic N) is 2. The molecule has 2 aromatic rings. The van der Waals surface area contributed by atoms with E-state index in [0.717, 1.165) is 11.4 Å². The number of nitriles is 1. The highest BCUT2D eigenvalue weighted by atomic mass is 35.5. The zero-order valence-electron chi connectivity index (χ0n) is 10.4. The van der Waals surface area contributed by atoms with E-state index in [2.05, 4.69) is 6.07 Å². The van der Waals surface area contributed by atoms with E-state index >= 15 is 0 Å². The summed E-state index contributed by atoms with van der Waals surface area (Å²) >= 11 is 5.99. The minimum absolute atomic E-state index is 0.286. The predicted molar refractivity (Wildman–Crippen MR) is 75.2 cm³/mol. The lowest BCUT2D eigenvalue weighted by atomic mass is 10.1. The van der Waals surface area contributed by atoms with Crippen LogP contribution < -0.4 is 4.90 Å². The molecule has 0 radical (unpaired) electrons. The molecule has 19 heavy (non-hydrogen) atoms. The van der Waals surface area contributed by atoms with Crippen molar-refractivity contribution in [2.75, 3.05) is 11.4 Å². The van der Waals surface area contributed by atoms with Crippen LogP contribution >= 0.6 is 11.6 Å². The van der Waals surface area contributed by atoms with E-state index in [-0.39, 0.29) is 5.82 Å². The van der Waals surface area contributed by atoms with E-state index in [1.807, 2.05) is 11.8 Å². The highest BCUT2D eigenvalue weighted by Crippen LogP contribution is 2.30. The normalized spacial score (nSPS) is 10.0. The minimum Gasteiger partial charge on any atom is -0.341 e. The summed E-state index contributed by atoms with van der Waals surface area (Å²) in [4.78, 5) is 1.92. The lowest BCUT2D eigenvalue weighted by molar-refractivity contribution is 0.628. The summed E-state index contributed by atoms with van der Waals surface area (Å²) in [5.74, 6) is -0.286. The molecule has 0 atom stereocenters. The Bertz CT molecular complexity index is 617. The average molecular weight is 275 g/mol. The van der Waals surface area contributed by atoms with Crippen molar-refractivity contribution in [3.8, 4) is 6.07 Å². The molecule has 0 aliphatic carbocycles. The molecule has 0 unspecified atom stereocenters. The van der Waals surface area contributed by atoms with E-state index in [0.29, 0.717) is 17.1 Å². The Balaban J connectivity index is 2.51. The van der Waals surface area contributed by atoms with Gasteiger partial charge in [-0.3, -0.25) is 0 Å². The van der Waals surface area contributed by atoms with Gasteiger partial charge in [0.2, 0.25) is 0 Å². The SMILES string of the molecule is CCN(c1ccc(F)cc1)c1cc(Cl)ccc1C#N. The monoisotopic (exact) mass is 274 g/mol. The highest BCUT2D eigenvalue weighted by Gasteiger charge is 2.12. The fourth-order valence-electron chi connectivity index (χ4n) is 1.94. The van der Waals surface area contributed by atoms with Crippen LogP contribution in [0, 0.1) is 17.1 Å². The quantitative estimate of drug-likeness (QED) is 0.823. The molecule has 0 N–H and O–H groups in total. The van der Waals surface area contributed by atoms with Crippen LogP contribution in [-0.2, 0) is 0 Å². The summed E-state index contributed by atoms with van der Waals surface area (Å²) < 4.78 is 13.0. The van der Waals surface area contributed by atoms with E-state index in [1.54, 1.807) is 30.3 Å². The van der Waals surface area contributed by atoms with Crippen molar-refractivity contribution in [3.63, 3.8) is 0 Å². The van der Waals surface area contributed by atoms with Crippen molar-refractivity contribution in [2.24, 2.45) is 0 Å². The Morgan fingerprint density at radius 1 is 1.21 bits per heavy atom. The van der Waals surface area contributed by atoms with Crippen molar-refractivity contribution in [3.05, 3.63) is 58.9 Å². The highest BCUT2D eigenvalue weighted by molar-refractivity contribution is 6.30. The molecule has 0 aliphatic heterocycles.